The Labute approximate surface area is 158 Å². The number of para-hydroxylation sites is 1. The molecule has 0 unspecified atom stereocenters. The van der Waals surface area contributed by atoms with E-state index in [0.29, 0.717) is 5.69 Å². The molecule has 1 aliphatic heterocycles. The number of amides is 1. The van der Waals surface area contributed by atoms with Gasteiger partial charge >= 0.3 is 5.97 Å². The highest BCUT2D eigenvalue weighted by Gasteiger charge is 2.14. The van der Waals surface area contributed by atoms with Crippen molar-refractivity contribution in [3.8, 4) is 5.75 Å². The van der Waals surface area contributed by atoms with Gasteiger partial charge in [-0.25, -0.2) is 4.79 Å². The Balaban J connectivity index is 1.50. The number of aromatic hydroxyl groups is 1. The van der Waals surface area contributed by atoms with Crippen LogP contribution in [0.3, 0.4) is 0 Å². The Morgan fingerprint density at radius 3 is 2.30 bits per heavy atom. The molecule has 2 aromatic carbocycles. The zero-order valence-corrected chi connectivity index (χ0v) is 15.2. The third-order valence-corrected chi connectivity index (χ3v) is 4.58. The second kappa shape index (κ2) is 9.07. The van der Waals surface area contributed by atoms with Crippen molar-refractivity contribution >= 4 is 23.3 Å². The maximum Gasteiger partial charge on any atom is 0.342 e. The van der Waals surface area contributed by atoms with E-state index < -0.39 is 18.5 Å². The molecule has 0 radical (unpaired) electrons. The van der Waals surface area contributed by atoms with Gasteiger partial charge in [0.2, 0.25) is 0 Å². The van der Waals surface area contributed by atoms with E-state index in [9.17, 15) is 14.7 Å². The fourth-order valence-electron chi connectivity index (χ4n) is 3.14. The summed E-state index contributed by atoms with van der Waals surface area (Å²) in [5, 5.41) is 12.3. The Bertz CT molecular complexity index is 781. The molecule has 0 saturated carbocycles. The van der Waals surface area contributed by atoms with E-state index in [4.69, 9.17) is 4.74 Å². The van der Waals surface area contributed by atoms with E-state index in [-0.39, 0.29) is 11.3 Å². The molecule has 1 saturated heterocycles. The zero-order valence-electron chi connectivity index (χ0n) is 15.2. The third kappa shape index (κ3) is 5.23. The van der Waals surface area contributed by atoms with Crippen LogP contribution in [-0.4, -0.2) is 36.7 Å². The van der Waals surface area contributed by atoms with E-state index in [0.717, 1.165) is 18.8 Å². The molecule has 2 aromatic rings. The normalized spacial score (nSPS) is 14.3. The molecule has 0 aliphatic carbocycles. The lowest BCUT2D eigenvalue weighted by atomic mass is 10.2. The molecule has 1 amide bonds. The smallest absolute Gasteiger partial charge is 0.342 e. The Hall–Kier alpha value is -3.02. The molecule has 142 valence electrons. The van der Waals surface area contributed by atoms with Gasteiger partial charge in [0.15, 0.2) is 6.61 Å². The van der Waals surface area contributed by atoms with Gasteiger partial charge in [-0.05, 0) is 49.2 Å². The quantitative estimate of drug-likeness (QED) is 0.789. The lowest BCUT2D eigenvalue weighted by Crippen LogP contribution is -2.24. The molecule has 27 heavy (non-hydrogen) atoms. The number of ether oxygens (including phenoxy) is 1. The van der Waals surface area contributed by atoms with Gasteiger partial charge in [-0.1, -0.05) is 25.0 Å². The summed E-state index contributed by atoms with van der Waals surface area (Å²) in [6.45, 7) is 1.71. The number of rotatable bonds is 5. The minimum absolute atomic E-state index is 0.0344. The Kier molecular flexibility index (Phi) is 6.30. The molecule has 2 N–H and O–H groups in total. The number of nitrogens with one attached hydrogen (secondary N) is 1. The first-order chi connectivity index (χ1) is 13.1. The van der Waals surface area contributed by atoms with Crippen LogP contribution in [0.4, 0.5) is 11.4 Å². The predicted molar refractivity (Wildman–Crippen MR) is 104 cm³/mol. The number of nitrogens with zero attached hydrogens (tertiary/aromatic N) is 1. The van der Waals surface area contributed by atoms with E-state index in [2.05, 4.69) is 10.2 Å². The first-order valence-electron chi connectivity index (χ1n) is 9.23. The highest BCUT2D eigenvalue weighted by atomic mass is 16.5. The molecule has 0 spiro atoms. The molecular formula is C21H24N2O4. The summed E-state index contributed by atoms with van der Waals surface area (Å²) in [6, 6.07) is 13.7. The number of esters is 1. The molecule has 3 rings (SSSR count). The van der Waals surface area contributed by atoms with Crippen molar-refractivity contribution in [3.63, 3.8) is 0 Å². The second-order valence-electron chi connectivity index (χ2n) is 6.59. The van der Waals surface area contributed by atoms with Crippen LogP contribution in [0.25, 0.3) is 0 Å². The maximum atomic E-state index is 12.0. The molecule has 1 heterocycles. The number of phenols is 1. The van der Waals surface area contributed by atoms with Gasteiger partial charge in [-0.15, -0.1) is 0 Å². The Morgan fingerprint density at radius 2 is 1.63 bits per heavy atom. The van der Waals surface area contributed by atoms with E-state index in [1.807, 2.05) is 24.3 Å². The Morgan fingerprint density at radius 1 is 0.963 bits per heavy atom. The summed E-state index contributed by atoms with van der Waals surface area (Å²) < 4.78 is 4.96. The van der Waals surface area contributed by atoms with Gasteiger partial charge in [-0.3, -0.25) is 4.79 Å². The molecular weight excluding hydrogens is 344 g/mol. The molecule has 0 aromatic heterocycles. The molecule has 0 atom stereocenters. The highest BCUT2D eigenvalue weighted by molar-refractivity contribution is 5.96. The standard InChI is InChI=1S/C21H24N2O4/c24-19-8-4-3-7-18(19)21(26)27-15-20(25)22-16-9-11-17(12-10-16)23-13-5-1-2-6-14-23/h3-4,7-12,24H,1-2,5-6,13-15H2,(H,22,25). The number of hydrogen-bond donors (Lipinski definition) is 2. The van der Waals surface area contributed by atoms with Crippen LogP contribution >= 0.6 is 0 Å². The predicted octanol–water partition coefficient (Wildman–Crippen LogP) is 3.57. The first-order valence-corrected chi connectivity index (χ1v) is 9.23. The summed E-state index contributed by atoms with van der Waals surface area (Å²) >= 11 is 0. The number of hydrogen-bond acceptors (Lipinski definition) is 5. The maximum absolute atomic E-state index is 12.0. The minimum atomic E-state index is -0.736. The largest absolute Gasteiger partial charge is 0.507 e. The molecule has 0 bridgehead atoms. The average Bonchev–Trinajstić information content (AvgIpc) is 2.97. The SMILES string of the molecule is O=C(COC(=O)c1ccccc1O)Nc1ccc(N2CCCCCC2)cc1. The molecule has 6 nitrogen and oxygen atoms in total. The number of benzene rings is 2. The van der Waals surface area contributed by atoms with Crippen molar-refractivity contribution in [2.24, 2.45) is 0 Å². The number of phenolic OH excluding ortho intramolecular Hbond substituents is 1. The van der Waals surface area contributed by atoms with Gasteiger partial charge in [0.1, 0.15) is 11.3 Å². The van der Waals surface area contributed by atoms with Crippen LogP contribution in [0.1, 0.15) is 36.0 Å². The fraction of sp³-hybridized carbons (Fsp3) is 0.333. The van der Waals surface area contributed by atoms with Crippen molar-refractivity contribution in [2.45, 2.75) is 25.7 Å². The summed E-state index contributed by atoms with van der Waals surface area (Å²) in [6.07, 6.45) is 4.98. The van der Waals surface area contributed by atoms with Crippen molar-refractivity contribution in [1.29, 1.82) is 0 Å². The van der Waals surface area contributed by atoms with E-state index in [1.165, 1.54) is 37.8 Å². The topological polar surface area (TPSA) is 78.9 Å². The van der Waals surface area contributed by atoms with Crippen LogP contribution < -0.4 is 10.2 Å². The molecule has 1 aliphatic rings. The number of carbonyl (C=O) groups is 2. The summed E-state index contributed by atoms with van der Waals surface area (Å²) in [7, 11) is 0. The lowest BCUT2D eigenvalue weighted by Gasteiger charge is -2.22. The fourth-order valence-corrected chi connectivity index (χ4v) is 3.14. The highest BCUT2D eigenvalue weighted by Crippen LogP contribution is 2.21. The number of carbonyl (C=O) groups excluding carboxylic acids is 2. The third-order valence-electron chi connectivity index (χ3n) is 4.58. The molecule has 1 fully saturated rings. The van der Waals surface area contributed by atoms with Crippen molar-refractivity contribution in [2.75, 3.05) is 29.9 Å². The summed E-state index contributed by atoms with van der Waals surface area (Å²) in [5.74, 6) is -1.34. The first kappa shape index (κ1) is 18.8. The van der Waals surface area contributed by atoms with Crippen LogP contribution in [0.15, 0.2) is 48.5 Å². The number of anilines is 2. The monoisotopic (exact) mass is 368 g/mol. The van der Waals surface area contributed by atoms with Crippen LogP contribution in [-0.2, 0) is 9.53 Å². The average molecular weight is 368 g/mol. The van der Waals surface area contributed by atoms with Gasteiger partial charge in [0, 0.05) is 24.5 Å². The van der Waals surface area contributed by atoms with E-state index >= 15 is 0 Å². The van der Waals surface area contributed by atoms with Gasteiger partial charge in [0.25, 0.3) is 5.91 Å². The van der Waals surface area contributed by atoms with Crippen molar-refractivity contribution < 1.29 is 19.4 Å². The van der Waals surface area contributed by atoms with Gasteiger partial charge in [-0.2, -0.15) is 0 Å². The van der Waals surface area contributed by atoms with Crippen LogP contribution in [0.5, 0.6) is 5.75 Å². The van der Waals surface area contributed by atoms with Gasteiger partial charge < -0.3 is 20.1 Å². The summed E-state index contributed by atoms with van der Waals surface area (Å²) in [5.41, 5.74) is 1.84. The zero-order chi connectivity index (χ0) is 19.1. The minimum Gasteiger partial charge on any atom is -0.507 e. The van der Waals surface area contributed by atoms with Crippen LogP contribution in [0, 0.1) is 0 Å². The van der Waals surface area contributed by atoms with Crippen molar-refractivity contribution in [3.05, 3.63) is 54.1 Å². The second-order valence-corrected chi connectivity index (χ2v) is 6.59. The lowest BCUT2D eigenvalue weighted by molar-refractivity contribution is -0.119. The summed E-state index contributed by atoms with van der Waals surface area (Å²) in [4.78, 5) is 26.3. The van der Waals surface area contributed by atoms with Gasteiger partial charge in [0.05, 0.1) is 0 Å². The molecule has 6 heteroatoms. The van der Waals surface area contributed by atoms with Crippen molar-refractivity contribution in [1.82, 2.24) is 0 Å². The van der Waals surface area contributed by atoms with E-state index in [1.54, 1.807) is 12.1 Å². The van der Waals surface area contributed by atoms with Crippen LogP contribution in [0.2, 0.25) is 0 Å².